The lowest BCUT2D eigenvalue weighted by molar-refractivity contribution is -0.145. The van der Waals surface area contributed by atoms with Gasteiger partial charge in [0.1, 0.15) is 25.0 Å². The molecule has 13 heteroatoms. The molecule has 0 heterocycles. The zero-order valence-electron chi connectivity index (χ0n) is 19.5. The topological polar surface area (TPSA) is 195 Å². The van der Waals surface area contributed by atoms with Crippen LogP contribution in [0.2, 0.25) is 0 Å². The molecule has 0 saturated carbocycles. The Morgan fingerprint density at radius 1 is 0.824 bits per heavy atom. The van der Waals surface area contributed by atoms with Gasteiger partial charge >= 0.3 is 11.9 Å². The molecule has 194 valence electrons. The van der Waals surface area contributed by atoms with E-state index in [4.69, 9.17) is 14.6 Å². The number of methoxy groups -OCH3 is 1. The van der Waals surface area contributed by atoms with Crippen LogP contribution in [0.5, 0.6) is 0 Å². The number of rotatable bonds is 21. The second-order valence-electron chi connectivity index (χ2n) is 7.46. The van der Waals surface area contributed by atoms with Crippen LogP contribution in [0.15, 0.2) is 0 Å². The van der Waals surface area contributed by atoms with Crippen molar-refractivity contribution in [2.75, 3.05) is 46.7 Å². The van der Waals surface area contributed by atoms with Crippen molar-refractivity contribution in [3.8, 4) is 0 Å². The third-order valence-electron chi connectivity index (χ3n) is 4.44. The molecule has 2 atom stereocenters. The van der Waals surface area contributed by atoms with Crippen molar-refractivity contribution in [2.45, 2.75) is 45.1 Å². The lowest BCUT2D eigenvalue weighted by Gasteiger charge is -2.15. The molecular weight excluding hydrogens is 456 g/mol. The molecule has 2 amide bonds. The van der Waals surface area contributed by atoms with Crippen LogP contribution in [0.4, 0.5) is 0 Å². The summed E-state index contributed by atoms with van der Waals surface area (Å²) in [6.07, 6.45) is -0.879. The van der Waals surface area contributed by atoms with E-state index in [0.717, 1.165) is 0 Å². The van der Waals surface area contributed by atoms with E-state index in [2.05, 4.69) is 15.4 Å². The van der Waals surface area contributed by atoms with Crippen molar-refractivity contribution in [1.82, 2.24) is 10.6 Å². The van der Waals surface area contributed by atoms with E-state index in [1.807, 2.05) is 0 Å². The Bertz CT molecular complexity index is 696. The number of amides is 2. The fourth-order valence-corrected chi connectivity index (χ4v) is 2.67. The highest BCUT2D eigenvalue weighted by Gasteiger charge is 2.24. The molecule has 0 saturated heterocycles. The first-order chi connectivity index (χ1) is 16.1. The highest BCUT2D eigenvalue weighted by Crippen LogP contribution is 2.13. The predicted molar refractivity (Wildman–Crippen MR) is 116 cm³/mol. The van der Waals surface area contributed by atoms with Crippen LogP contribution in [0, 0.1) is 5.92 Å². The predicted octanol–water partition coefficient (Wildman–Crippen LogP) is -0.839. The molecule has 0 spiro atoms. The summed E-state index contributed by atoms with van der Waals surface area (Å²) in [5.74, 6) is -5.32. The Morgan fingerprint density at radius 3 is 2.09 bits per heavy atom. The van der Waals surface area contributed by atoms with E-state index >= 15 is 0 Å². The molecule has 0 unspecified atom stereocenters. The molecule has 0 bridgehead atoms. The van der Waals surface area contributed by atoms with Crippen molar-refractivity contribution in [1.29, 1.82) is 0 Å². The molecule has 0 fully saturated rings. The quantitative estimate of drug-likeness (QED) is 0.146. The molecular formula is C21H34N2O11. The van der Waals surface area contributed by atoms with Crippen LogP contribution >= 0.6 is 0 Å². The largest absolute Gasteiger partial charge is 0.481 e. The summed E-state index contributed by atoms with van der Waals surface area (Å²) in [7, 11) is 1.40. The zero-order valence-corrected chi connectivity index (χ0v) is 19.5. The maximum Gasteiger partial charge on any atom is 0.326 e. The van der Waals surface area contributed by atoms with Gasteiger partial charge in [-0.15, -0.1) is 0 Å². The number of nitrogens with one attached hydrogen (secondary N) is 2. The molecule has 13 nitrogen and oxygen atoms in total. The van der Waals surface area contributed by atoms with Gasteiger partial charge in [-0.1, -0.05) is 0 Å². The number of carbonyl (C=O) groups excluding carboxylic acids is 4. The van der Waals surface area contributed by atoms with Gasteiger partial charge in [0.25, 0.3) is 0 Å². The summed E-state index contributed by atoms with van der Waals surface area (Å²) in [5.41, 5.74) is 0. The van der Waals surface area contributed by atoms with Crippen molar-refractivity contribution >= 4 is 35.3 Å². The minimum absolute atomic E-state index is 0.0144. The molecule has 0 aliphatic rings. The van der Waals surface area contributed by atoms with Gasteiger partial charge in [-0.3, -0.25) is 19.2 Å². The van der Waals surface area contributed by atoms with Crippen molar-refractivity contribution in [3.05, 3.63) is 0 Å². The zero-order chi connectivity index (χ0) is 25.9. The van der Waals surface area contributed by atoms with Gasteiger partial charge in [-0.25, -0.2) is 4.79 Å². The van der Waals surface area contributed by atoms with Crippen LogP contribution in [0.3, 0.4) is 0 Å². The molecule has 0 aliphatic carbocycles. The highest BCUT2D eigenvalue weighted by atomic mass is 16.5. The van der Waals surface area contributed by atoms with Gasteiger partial charge in [-0.2, -0.15) is 0 Å². The SMILES string of the molecule is COCC(=O)NCCOCCOCC(=O)C[C@@H](CCC(=O)N[C@@H](CCC(C)=O)C(=O)O)C(=O)O. The Morgan fingerprint density at radius 2 is 1.50 bits per heavy atom. The molecule has 0 aromatic carbocycles. The van der Waals surface area contributed by atoms with Crippen LogP contribution in [0.1, 0.15) is 39.0 Å². The summed E-state index contributed by atoms with van der Waals surface area (Å²) < 4.78 is 15.0. The molecule has 0 aromatic heterocycles. The van der Waals surface area contributed by atoms with Crippen molar-refractivity contribution < 1.29 is 53.2 Å². The Balaban J connectivity index is 4.18. The lowest BCUT2D eigenvalue weighted by atomic mass is 9.97. The van der Waals surface area contributed by atoms with Crippen LogP contribution in [0.25, 0.3) is 0 Å². The number of hydrogen-bond acceptors (Lipinski definition) is 9. The Hall–Kier alpha value is -2.90. The first-order valence-electron chi connectivity index (χ1n) is 10.7. The van der Waals surface area contributed by atoms with E-state index in [0.29, 0.717) is 6.54 Å². The van der Waals surface area contributed by atoms with E-state index in [1.54, 1.807) is 0 Å². The maximum absolute atomic E-state index is 12.0. The van der Waals surface area contributed by atoms with Crippen molar-refractivity contribution in [3.63, 3.8) is 0 Å². The standard InChI is InChI=1S/C21H34N2O11/c1-14(24)3-5-17(21(30)31)23-18(26)6-4-15(20(28)29)11-16(25)12-34-10-9-33-8-7-22-19(27)13-32-2/h15,17H,3-13H2,1-2H3,(H,22,27)(H,23,26)(H,28,29)(H,30,31)/t15-,17+/m1/s1. The fraction of sp³-hybridized carbons (Fsp3) is 0.714. The summed E-state index contributed by atoms with van der Waals surface area (Å²) >= 11 is 0. The van der Waals surface area contributed by atoms with Gasteiger partial charge in [0.2, 0.25) is 11.8 Å². The van der Waals surface area contributed by atoms with E-state index in [9.17, 15) is 33.9 Å². The van der Waals surface area contributed by atoms with Crippen LogP contribution in [-0.2, 0) is 43.0 Å². The van der Waals surface area contributed by atoms with Gasteiger partial charge in [-0.05, 0) is 19.8 Å². The minimum atomic E-state index is -1.29. The smallest absolute Gasteiger partial charge is 0.326 e. The Labute approximate surface area is 197 Å². The van der Waals surface area contributed by atoms with Crippen LogP contribution in [-0.4, -0.2) is 98.3 Å². The van der Waals surface area contributed by atoms with Crippen LogP contribution < -0.4 is 10.6 Å². The summed E-state index contributed by atoms with van der Waals surface area (Å²) in [5, 5.41) is 23.2. The minimum Gasteiger partial charge on any atom is -0.481 e. The first-order valence-corrected chi connectivity index (χ1v) is 10.7. The third kappa shape index (κ3) is 16.7. The summed E-state index contributed by atoms with van der Waals surface area (Å²) in [4.78, 5) is 68.7. The van der Waals surface area contributed by atoms with Crippen molar-refractivity contribution in [2.24, 2.45) is 5.92 Å². The number of Topliss-reactive ketones (excluding diaryl/α,β-unsaturated/α-hetero) is 2. The maximum atomic E-state index is 12.0. The molecule has 0 aromatic rings. The molecule has 34 heavy (non-hydrogen) atoms. The second-order valence-corrected chi connectivity index (χ2v) is 7.46. The molecule has 4 N–H and O–H groups in total. The van der Waals surface area contributed by atoms with E-state index in [1.165, 1.54) is 14.0 Å². The average molecular weight is 491 g/mol. The average Bonchev–Trinajstić information content (AvgIpc) is 2.75. The number of carboxylic acids is 2. The van der Waals surface area contributed by atoms with Gasteiger partial charge < -0.3 is 39.9 Å². The molecule has 0 aliphatic heterocycles. The third-order valence-corrected chi connectivity index (χ3v) is 4.44. The normalized spacial score (nSPS) is 12.4. The van der Waals surface area contributed by atoms with Gasteiger partial charge in [0.15, 0.2) is 5.78 Å². The number of ether oxygens (including phenoxy) is 3. The lowest BCUT2D eigenvalue weighted by Crippen LogP contribution is -2.41. The number of carbonyl (C=O) groups is 6. The van der Waals surface area contributed by atoms with Gasteiger partial charge in [0.05, 0.1) is 25.7 Å². The fourth-order valence-electron chi connectivity index (χ4n) is 2.67. The first kappa shape index (κ1) is 31.1. The van der Waals surface area contributed by atoms with Gasteiger partial charge in [0, 0.05) is 32.9 Å². The second kappa shape index (κ2) is 18.5. The van der Waals surface area contributed by atoms with E-state index in [-0.39, 0.29) is 76.8 Å². The Kier molecular flexibility index (Phi) is 16.9. The monoisotopic (exact) mass is 490 g/mol. The molecule has 0 rings (SSSR count). The molecule has 0 radical (unpaired) electrons. The summed E-state index contributed by atoms with van der Waals surface area (Å²) in [6, 6.07) is -1.25. The number of aliphatic carboxylic acids is 2. The summed E-state index contributed by atoms with van der Waals surface area (Å²) in [6.45, 7) is 1.73. The number of ketones is 2. The number of carboxylic acid groups (broad SMARTS) is 2. The van der Waals surface area contributed by atoms with E-state index < -0.39 is 35.6 Å². The number of hydrogen-bond donors (Lipinski definition) is 4. The highest BCUT2D eigenvalue weighted by molar-refractivity contribution is 5.86.